The number of carbonyl (C=O) groups excluding carboxylic acids is 3. The maximum absolute atomic E-state index is 12.2. The Hall–Kier alpha value is -2.95. The quantitative estimate of drug-likeness (QED) is 0.528. The van der Waals surface area contributed by atoms with Crippen LogP contribution in [0, 0.1) is 0 Å². The molecule has 0 bridgehead atoms. The van der Waals surface area contributed by atoms with E-state index in [1.165, 1.54) is 0 Å². The molecule has 1 amide bonds. The molecule has 1 N–H and O–H groups in total. The number of rotatable bonds is 9. The number of benzene rings is 2. The SMILES string of the molecule is CCCC(=O)Nc1ccc(C(=O)COC(=O)CC(C)c2ccccc2)cc1. The average Bonchev–Trinajstić information content (AvgIpc) is 2.67. The number of esters is 1. The first-order valence-electron chi connectivity index (χ1n) is 9.13. The molecule has 2 rings (SSSR count). The van der Waals surface area contributed by atoms with E-state index >= 15 is 0 Å². The molecular formula is C22H25NO4. The number of hydrogen-bond donors (Lipinski definition) is 1. The van der Waals surface area contributed by atoms with E-state index < -0.39 is 5.97 Å². The minimum atomic E-state index is -0.400. The van der Waals surface area contributed by atoms with E-state index in [9.17, 15) is 14.4 Å². The van der Waals surface area contributed by atoms with Gasteiger partial charge in [-0.25, -0.2) is 0 Å². The van der Waals surface area contributed by atoms with E-state index in [1.54, 1.807) is 24.3 Å². The van der Waals surface area contributed by atoms with Crippen LogP contribution in [0.25, 0.3) is 0 Å². The van der Waals surface area contributed by atoms with Gasteiger partial charge in [-0.2, -0.15) is 0 Å². The lowest BCUT2D eigenvalue weighted by Crippen LogP contribution is -2.16. The minimum Gasteiger partial charge on any atom is -0.457 e. The maximum Gasteiger partial charge on any atom is 0.306 e. The Morgan fingerprint density at radius 2 is 1.67 bits per heavy atom. The number of nitrogens with one attached hydrogen (secondary N) is 1. The molecule has 0 aromatic heterocycles. The van der Waals surface area contributed by atoms with Crippen LogP contribution in [0.1, 0.15) is 54.9 Å². The molecule has 0 radical (unpaired) electrons. The highest BCUT2D eigenvalue weighted by Gasteiger charge is 2.14. The monoisotopic (exact) mass is 367 g/mol. The third-order valence-corrected chi connectivity index (χ3v) is 4.17. The van der Waals surface area contributed by atoms with E-state index in [2.05, 4.69) is 5.32 Å². The van der Waals surface area contributed by atoms with E-state index in [1.807, 2.05) is 44.2 Å². The van der Waals surface area contributed by atoms with Gasteiger partial charge >= 0.3 is 5.97 Å². The van der Waals surface area contributed by atoms with Crippen molar-refractivity contribution in [2.45, 2.75) is 39.0 Å². The molecule has 142 valence electrons. The maximum atomic E-state index is 12.2. The van der Waals surface area contributed by atoms with Gasteiger partial charge in [-0.1, -0.05) is 44.2 Å². The fraction of sp³-hybridized carbons (Fsp3) is 0.318. The Kier molecular flexibility index (Phi) is 7.74. The van der Waals surface area contributed by atoms with Crippen molar-refractivity contribution in [3.63, 3.8) is 0 Å². The Balaban J connectivity index is 1.81. The van der Waals surface area contributed by atoms with Crippen LogP contribution in [-0.4, -0.2) is 24.3 Å². The summed E-state index contributed by atoms with van der Waals surface area (Å²) < 4.78 is 5.12. The Morgan fingerprint density at radius 3 is 2.30 bits per heavy atom. The van der Waals surface area contributed by atoms with Crippen LogP contribution in [0.15, 0.2) is 54.6 Å². The van der Waals surface area contributed by atoms with Crippen molar-refractivity contribution in [2.24, 2.45) is 0 Å². The zero-order chi connectivity index (χ0) is 19.6. The molecular weight excluding hydrogens is 342 g/mol. The zero-order valence-electron chi connectivity index (χ0n) is 15.7. The summed E-state index contributed by atoms with van der Waals surface area (Å²) in [5.41, 5.74) is 2.13. The lowest BCUT2D eigenvalue weighted by atomic mass is 9.98. The molecule has 1 atom stereocenters. The molecule has 1 unspecified atom stereocenters. The standard InChI is InChI=1S/C22H25NO4/c1-3-7-21(25)23-19-12-10-18(11-13-19)20(24)15-27-22(26)14-16(2)17-8-5-4-6-9-17/h4-6,8-13,16H,3,7,14-15H2,1-2H3,(H,23,25). The first-order chi connectivity index (χ1) is 13.0. The molecule has 2 aromatic carbocycles. The van der Waals surface area contributed by atoms with Gasteiger partial charge in [0.15, 0.2) is 12.4 Å². The first kappa shape index (κ1) is 20.4. The van der Waals surface area contributed by atoms with E-state index in [-0.39, 0.29) is 30.6 Å². The van der Waals surface area contributed by atoms with Crippen LogP contribution >= 0.6 is 0 Å². The molecule has 5 heteroatoms. The minimum absolute atomic E-state index is 0.0276. The summed E-state index contributed by atoms with van der Waals surface area (Å²) >= 11 is 0. The van der Waals surface area contributed by atoms with Gasteiger partial charge in [-0.15, -0.1) is 0 Å². The summed E-state index contributed by atoms with van der Waals surface area (Å²) in [6.45, 7) is 3.59. The molecule has 0 aliphatic rings. The van der Waals surface area contributed by atoms with Gasteiger partial charge in [0.2, 0.25) is 5.91 Å². The molecule has 0 aliphatic carbocycles. The third kappa shape index (κ3) is 6.70. The zero-order valence-corrected chi connectivity index (χ0v) is 15.7. The highest BCUT2D eigenvalue weighted by atomic mass is 16.5. The number of hydrogen-bond acceptors (Lipinski definition) is 4. The summed E-state index contributed by atoms with van der Waals surface area (Å²) in [6.07, 6.45) is 1.45. The normalized spacial score (nSPS) is 11.5. The van der Waals surface area contributed by atoms with Crippen molar-refractivity contribution in [3.8, 4) is 0 Å². The van der Waals surface area contributed by atoms with Crippen LogP contribution in [0.3, 0.4) is 0 Å². The topological polar surface area (TPSA) is 72.5 Å². The van der Waals surface area contributed by atoms with Crippen LogP contribution in [0.4, 0.5) is 5.69 Å². The molecule has 5 nitrogen and oxygen atoms in total. The lowest BCUT2D eigenvalue weighted by molar-refractivity contribution is -0.142. The Bertz CT molecular complexity index is 769. The van der Waals surface area contributed by atoms with Crippen molar-refractivity contribution in [1.82, 2.24) is 0 Å². The fourth-order valence-electron chi connectivity index (χ4n) is 2.63. The molecule has 0 aliphatic heterocycles. The highest BCUT2D eigenvalue weighted by Crippen LogP contribution is 2.19. The third-order valence-electron chi connectivity index (χ3n) is 4.17. The van der Waals surface area contributed by atoms with Crippen LogP contribution in [0.2, 0.25) is 0 Å². The molecule has 0 saturated heterocycles. The predicted octanol–water partition coefficient (Wildman–Crippen LogP) is 4.34. The van der Waals surface area contributed by atoms with E-state index in [4.69, 9.17) is 4.74 Å². The van der Waals surface area contributed by atoms with Crippen molar-refractivity contribution in [1.29, 1.82) is 0 Å². The fourth-order valence-corrected chi connectivity index (χ4v) is 2.63. The van der Waals surface area contributed by atoms with E-state index in [0.29, 0.717) is 17.7 Å². The summed E-state index contributed by atoms with van der Waals surface area (Å²) in [7, 11) is 0. The summed E-state index contributed by atoms with van der Waals surface area (Å²) in [5, 5.41) is 2.76. The van der Waals surface area contributed by atoms with Gasteiger partial charge in [0, 0.05) is 17.7 Å². The number of ether oxygens (including phenoxy) is 1. The number of anilines is 1. The van der Waals surface area contributed by atoms with Gasteiger partial charge < -0.3 is 10.1 Å². The second-order valence-electron chi connectivity index (χ2n) is 6.48. The predicted molar refractivity (Wildman–Crippen MR) is 105 cm³/mol. The Labute approximate surface area is 159 Å². The highest BCUT2D eigenvalue weighted by molar-refractivity contribution is 5.98. The number of Topliss-reactive ketones (excluding diaryl/α,β-unsaturated/α-hetero) is 1. The van der Waals surface area contributed by atoms with Gasteiger partial charge in [-0.05, 0) is 42.2 Å². The molecule has 0 saturated carbocycles. The van der Waals surface area contributed by atoms with Crippen LogP contribution in [0.5, 0.6) is 0 Å². The molecule has 0 heterocycles. The van der Waals surface area contributed by atoms with Crippen LogP contribution in [-0.2, 0) is 14.3 Å². The lowest BCUT2D eigenvalue weighted by Gasteiger charge is -2.11. The van der Waals surface area contributed by atoms with Gasteiger partial charge in [0.25, 0.3) is 0 Å². The average molecular weight is 367 g/mol. The summed E-state index contributed by atoms with van der Waals surface area (Å²) in [5.74, 6) is -0.705. The number of amides is 1. The van der Waals surface area contributed by atoms with Crippen molar-refractivity contribution in [2.75, 3.05) is 11.9 Å². The number of carbonyl (C=O) groups is 3. The molecule has 27 heavy (non-hydrogen) atoms. The van der Waals surface area contributed by atoms with Gasteiger partial charge in [0.05, 0.1) is 6.42 Å². The summed E-state index contributed by atoms with van der Waals surface area (Å²) in [6, 6.07) is 16.3. The molecule has 2 aromatic rings. The largest absolute Gasteiger partial charge is 0.457 e. The van der Waals surface area contributed by atoms with Crippen molar-refractivity contribution < 1.29 is 19.1 Å². The van der Waals surface area contributed by atoms with Gasteiger partial charge in [-0.3, -0.25) is 14.4 Å². The summed E-state index contributed by atoms with van der Waals surface area (Å²) in [4.78, 5) is 35.7. The second-order valence-corrected chi connectivity index (χ2v) is 6.48. The van der Waals surface area contributed by atoms with Crippen molar-refractivity contribution >= 4 is 23.3 Å². The number of ketones is 1. The smallest absolute Gasteiger partial charge is 0.306 e. The van der Waals surface area contributed by atoms with E-state index in [0.717, 1.165) is 12.0 Å². The van der Waals surface area contributed by atoms with Gasteiger partial charge in [0.1, 0.15) is 0 Å². The molecule has 0 spiro atoms. The molecule has 0 fully saturated rings. The Morgan fingerprint density at radius 1 is 1.00 bits per heavy atom. The second kappa shape index (κ2) is 10.3. The van der Waals surface area contributed by atoms with Crippen LogP contribution < -0.4 is 5.32 Å². The first-order valence-corrected chi connectivity index (χ1v) is 9.13. The van der Waals surface area contributed by atoms with Crippen molar-refractivity contribution in [3.05, 3.63) is 65.7 Å².